The molecule has 3 aliphatic rings. The lowest BCUT2D eigenvalue weighted by molar-refractivity contribution is -0.155. The monoisotopic (exact) mass is 497 g/mol. The summed E-state index contributed by atoms with van der Waals surface area (Å²) in [6, 6.07) is 4.84. The smallest absolute Gasteiger partial charge is 0.324 e. The van der Waals surface area contributed by atoms with Crippen molar-refractivity contribution in [1.82, 2.24) is 10.2 Å². The molecule has 8 nitrogen and oxygen atoms in total. The minimum absolute atomic E-state index is 0.0499. The van der Waals surface area contributed by atoms with Crippen LogP contribution in [0, 0.1) is 11.8 Å². The van der Waals surface area contributed by atoms with Crippen molar-refractivity contribution in [2.45, 2.75) is 84.3 Å². The summed E-state index contributed by atoms with van der Waals surface area (Å²) in [6.07, 6.45) is 4.98. The predicted molar refractivity (Wildman–Crippen MR) is 137 cm³/mol. The standard InChI is InChI=1S/C28H39N3O5/c1-18-13-23(32)16-22-15-21(26(34)29-11-9-19-5-6-19)7-8-24(22)31(18)27(35)30-12-10-20(17-30)14-25(33)36-28(2,3)4/h7-8,15,18-20H,5-6,9-14,16-17H2,1-4H3,(H,29,34)/t18-,20+/m0/s1. The van der Waals surface area contributed by atoms with E-state index in [4.69, 9.17) is 4.74 Å². The highest BCUT2D eigenvalue weighted by Crippen LogP contribution is 2.33. The van der Waals surface area contributed by atoms with Gasteiger partial charge in [0.25, 0.3) is 5.91 Å². The first-order valence-electron chi connectivity index (χ1n) is 13.2. The predicted octanol–water partition coefficient (Wildman–Crippen LogP) is 4.10. The quantitative estimate of drug-likeness (QED) is 0.597. The number of hydrogen-bond acceptors (Lipinski definition) is 5. The Morgan fingerprint density at radius 3 is 2.56 bits per heavy atom. The molecule has 1 aromatic rings. The number of ketones is 1. The molecule has 0 unspecified atom stereocenters. The van der Waals surface area contributed by atoms with Crippen molar-refractivity contribution < 1.29 is 23.9 Å². The molecule has 196 valence electrons. The van der Waals surface area contributed by atoms with Gasteiger partial charge in [0.1, 0.15) is 11.4 Å². The summed E-state index contributed by atoms with van der Waals surface area (Å²) in [5, 5.41) is 2.98. The van der Waals surface area contributed by atoms with Crippen molar-refractivity contribution in [3.63, 3.8) is 0 Å². The number of anilines is 1. The molecule has 1 saturated heterocycles. The molecule has 0 radical (unpaired) electrons. The Bertz CT molecular complexity index is 1030. The maximum Gasteiger partial charge on any atom is 0.324 e. The molecule has 2 fully saturated rings. The molecular weight excluding hydrogens is 458 g/mol. The molecule has 36 heavy (non-hydrogen) atoms. The number of nitrogens with zero attached hydrogens (tertiary/aromatic N) is 2. The number of benzene rings is 1. The number of likely N-dealkylation sites (tertiary alicyclic amines) is 1. The Kier molecular flexibility index (Phi) is 7.71. The minimum Gasteiger partial charge on any atom is -0.460 e. The van der Waals surface area contributed by atoms with Crippen molar-refractivity contribution in [3.05, 3.63) is 29.3 Å². The number of esters is 1. The first-order valence-corrected chi connectivity index (χ1v) is 13.2. The van der Waals surface area contributed by atoms with E-state index in [-0.39, 0.29) is 54.9 Å². The summed E-state index contributed by atoms with van der Waals surface area (Å²) in [5.74, 6) is 0.447. The van der Waals surface area contributed by atoms with Crippen LogP contribution in [0.4, 0.5) is 10.5 Å². The maximum absolute atomic E-state index is 13.7. The lowest BCUT2D eigenvalue weighted by Crippen LogP contribution is -2.47. The molecule has 1 N–H and O–H groups in total. The number of hydrogen-bond donors (Lipinski definition) is 1. The van der Waals surface area contributed by atoms with Gasteiger partial charge < -0.3 is 15.0 Å². The van der Waals surface area contributed by atoms with Gasteiger partial charge in [-0.05, 0) is 76.1 Å². The zero-order chi connectivity index (χ0) is 26.0. The lowest BCUT2D eigenvalue weighted by Gasteiger charge is -2.32. The van der Waals surface area contributed by atoms with Crippen molar-refractivity contribution in [3.8, 4) is 0 Å². The minimum atomic E-state index is -0.532. The van der Waals surface area contributed by atoms with Gasteiger partial charge >= 0.3 is 12.0 Å². The molecule has 0 bridgehead atoms. The molecule has 3 amide bonds. The van der Waals surface area contributed by atoms with Crippen LogP contribution in [0.2, 0.25) is 0 Å². The van der Waals surface area contributed by atoms with Crippen LogP contribution in [0.1, 0.15) is 82.1 Å². The molecule has 8 heteroatoms. The van der Waals surface area contributed by atoms with Gasteiger partial charge in [0.2, 0.25) is 0 Å². The number of carbonyl (C=O) groups is 4. The SMILES string of the molecule is C[C@H]1CC(=O)Cc2cc(C(=O)NCCC3CC3)ccc2N1C(=O)N1CC[C@H](CC(=O)OC(C)(C)C)C1. The van der Waals surface area contributed by atoms with Gasteiger partial charge in [-0.1, -0.05) is 12.8 Å². The number of Topliss-reactive ketones (excluding diaryl/α,β-unsaturated/α-hetero) is 1. The van der Waals surface area contributed by atoms with Crippen LogP contribution in [0.3, 0.4) is 0 Å². The van der Waals surface area contributed by atoms with Gasteiger partial charge in [-0.15, -0.1) is 0 Å². The molecule has 4 rings (SSSR count). The van der Waals surface area contributed by atoms with Crippen molar-refractivity contribution in [2.24, 2.45) is 11.8 Å². The average Bonchev–Trinajstić information content (AvgIpc) is 3.50. The fraction of sp³-hybridized carbons (Fsp3) is 0.643. The molecule has 2 aliphatic heterocycles. The summed E-state index contributed by atoms with van der Waals surface area (Å²) in [4.78, 5) is 54.7. The van der Waals surface area contributed by atoms with Gasteiger partial charge in [0.05, 0.1) is 6.42 Å². The van der Waals surface area contributed by atoms with Crippen LogP contribution in [-0.2, 0) is 20.7 Å². The third-order valence-corrected chi connectivity index (χ3v) is 7.13. The third-order valence-electron chi connectivity index (χ3n) is 7.13. The number of fused-ring (bicyclic) bond motifs is 1. The van der Waals surface area contributed by atoms with Crippen LogP contribution >= 0.6 is 0 Å². The molecule has 1 saturated carbocycles. The van der Waals surface area contributed by atoms with Gasteiger partial charge in [-0.2, -0.15) is 0 Å². The fourth-order valence-corrected chi connectivity index (χ4v) is 5.18. The number of carbonyl (C=O) groups excluding carboxylic acids is 4. The van der Waals surface area contributed by atoms with E-state index in [1.54, 1.807) is 28.0 Å². The topological polar surface area (TPSA) is 96.0 Å². The molecule has 1 aromatic carbocycles. The Labute approximate surface area is 213 Å². The van der Waals surface area contributed by atoms with E-state index >= 15 is 0 Å². The van der Waals surface area contributed by atoms with Gasteiger partial charge in [-0.25, -0.2) is 4.79 Å². The van der Waals surface area contributed by atoms with Crippen molar-refractivity contribution in [2.75, 3.05) is 24.5 Å². The van der Waals surface area contributed by atoms with Crippen LogP contribution in [0.5, 0.6) is 0 Å². The van der Waals surface area contributed by atoms with E-state index < -0.39 is 5.60 Å². The van der Waals surface area contributed by atoms with E-state index in [2.05, 4.69) is 5.32 Å². The second-order valence-electron chi connectivity index (χ2n) is 11.6. The van der Waals surface area contributed by atoms with Gasteiger partial charge in [-0.3, -0.25) is 19.3 Å². The molecule has 2 atom stereocenters. The van der Waals surface area contributed by atoms with Gasteiger partial charge in [0, 0.05) is 49.8 Å². The molecule has 2 heterocycles. The zero-order valence-corrected chi connectivity index (χ0v) is 22.0. The Hall–Kier alpha value is -2.90. The largest absolute Gasteiger partial charge is 0.460 e. The van der Waals surface area contributed by atoms with E-state index in [1.165, 1.54) is 12.8 Å². The number of ether oxygens (including phenoxy) is 1. The lowest BCUT2D eigenvalue weighted by atomic mass is 10.0. The average molecular weight is 498 g/mol. The second-order valence-corrected chi connectivity index (χ2v) is 11.6. The number of amides is 3. The number of urea groups is 1. The highest BCUT2D eigenvalue weighted by atomic mass is 16.6. The maximum atomic E-state index is 13.7. The molecule has 0 spiro atoms. The zero-order valence-electron chi connectivity index (χ0n) is 22.0. The summed E-state index contributed by atoms with van der Waals surface area (Å²) >= 11 is 0. The Morgan fingerprint density at radius 1 is 1.11 bits per heavy atom. The van der Waals surface area contributed by atoms with Gasteiger partial charge in [0.15, 0.2) is 0 Å². The van der Waals surface area contributed by atoms with Crippen LogP contribution in [0.15, 0.2) is 18.2 Å². The van der Waals surface area contributed by atoms with Crippen LogP contribution < -0.4 is 10.2 Å². The highest BCUT2D eigenvalue weighted by Gasteiger charge is 2.36. The van der Waals surface area contributed by atoms with Crippen molar-refractivity contribution in [1.29, 1.82) is 0 Å². The Balaban J connectivity index is 1.45. The fourth-order valence-electron chi connectivity index (χ4n) is 5.18. The number of nitrogens with one attached hydrogen (secondary N) is 1. The summed E-state index contributed by atoms with van der Waals surface area (Å²) in [6.45, 7) is 9.11. The normalized spacial score (nSPS) is 22.2. The first kappa shape index (κ1) is 26.2. The van der Waals surface area contributed by atoms with Crippen molar-refractivity contribution >= 4 is 29.4 Å². The summed E-state index contributed by atoms with van der Waals surface area (Å²) in [7, 11) is 0. The van der Waals surface area contributed by atoms with Crippen LogP contribution in [-0.4, -0.2) is 59.9 Å². The molecular formula is C28H39N3O5. The highest BCUT2D eigenvalue weighted by molar-refractivity contribution is 6.00. The van der Waals surface area contributed by atoms with E-state index in [9.17, 15) is 19.2 Å². The molecule has 1 aliphatic carbocycles. The van der Waals surface area contributed by atoms with Crippen LogP contribution in [0.25, 0.3) is 0 Å². The summed E-state index contributed by atoms with van der Waals surface area (Å²) in [5.41, 5.74) is 1.37. The third kappa shape index (κ3) is 6.65. The van der Waals surface area contributed by atoms with E-state index in [0.29, 0.717) is 36.4 Å². The van der Waals surface area contributed by atoms with E-state index in [0.717, 1.165) is 18.8 Å². The number of rotatable bonds is 6. The summed E-state index contributed by atoms with van der Waals surface area (Å²) < 4.78 is 5.45. The van der Waals surface area contributed by atoms with E-state index in [1.807, 2.05) is 27.7 Å². The Morgan fingerprint density at radius 2 is 1.86 bits per heavy atom. The first-order chi connectivity index (χ1) is 17.0. The molecule has 0 aromatic heterocycles. The second kappa shape index (κ2) is 10.6.